The second-order valence-electron chi connectivity index (χ2n) is 5.11. The highest BCUT2D eigenvalue weighted by Crippen LogP contribution is 2.38. The van der Waals surface area contributed by atoms with E-state index in [1.165, 1.54) is 5.56 Å². The molecule has 0 N–H and O–H groups in total. The van der Waals surface area contributed by atoms with Gasteiger partial charge in [-0.05, 0) is 35.4 Å². The van der Waals surface area contributed by atoms with Gasteiger partial charge in [0.2, 0.25) is 0 Å². The molecule has 0 saturated heterocycles. The van der Waals surface area contributed by atoms with Crippen LogP contribution in [0, 0.1) is 0 Å². The molecule has 0 aliphatic heterocycles. The van der Waals surface area contributed by atoms with E-state index in [1.807, 2.05) is 50.3 Å². The van der Waals surface area contributed by atoms with Gasteiger partial charge in [-0.3, -0.25) is 0 Å². The van der Waals surface area contributed by atoms with Crippen molar-refractivity contribution in [3.05, 3.63) is 65.7 Å². The van der Waals surface area contributed by atoms with Crippen LogP contribution >= 0.6 is 0 Å². The molecule has 3 rings (SSSR count). The number of methoxy groups -OCH3 is 1. The SMILES string of the molecule is CC.COC/C=C\COc1ccc2c(c1)/C(=N\OC)c1ccccc1-2. The average molecular weight is 339 g/mol. The van der Waals surface area contributed by atoms with Gasteiger partial charge in [0.05, 0.1) is 6.61 Å². The van der Waals surface area contributed by atoms with Crippen molar-refractivity contribution in [2.24, 2.45) is 5.16 Å². The van der Waals surface area contributed by atoms with Gasteiger partial charge in [-0.2, -0.15) is 0 Å². The zero-order chi connectivity index (χ0) is 18.1. The van der Waals surface area contributed by atoms with Crippen LogP contribution in [0.5, 0.6) is 5.75 Å². The van der Waals surface area contributed by atoms with Crippen LogP contribution in [0.3, 0.4) is 0 Å². The van der Waals surface area contributed by atoms with Crippen LogP contribution in [0.1, 0.15) is 25.0 Å². The molecular formula is C21H25NO3. The van der Waals surface area contributed by atoms with Gasteiger partial charge in [0.15, 0.2) is 0 Å². The third-order valence-electron chi connectivity index (χ3n) is 3.68. The summed E-state index contributed by atoms with van der Waals surface area (Å²) >= 11 is 0. The van der Waals surface area contributed by atoms with E-state index >= 15 is 0 Å². The van der Waals surface area contributed by atoms with Crippen LogP contribution < -0.4 is 4.74 Å². The molecule has 25 heavy (non-hydrogen) atoms. The molecule has 0 amide bonds. The molecule has 0 spiro atoms. The highest BCUT2D eigenvalue weighted by molar-refractivity contribution is 6.24. The monoisotopic (exact) mass is 339 g/mol. The molecule has 0 bridgehead atoms. The average Bonchev–Trinajstić information content (AvgIpc) is 2.97. The predicted molar refractivity (Wildman–Crippen MR) is 102 cm³/mol. The van der Waals surface area contributed by atoms with Gasteiger partial charge in [0, 0.05) is 18.2 Å². The lowest BCUT2D eigenvalue weighted by Gasteiger charge is -2.06. The minimum absolute atomic E-state index is 0.506. The molecule has 1 aliphatic rings. The van der Waals surface area contributed by atoms with Crippen molar-refractivity contribution in [2.45, 2.75) is 13.8 Å². The summed E-state index contributed by atoms with van der Waals surface area (Å²) in [6.07, 6.45) is 3.87. The highest BCUT2D eigenvalue weighted by atomic mass is 16.6. The smallest absolute Gasteiger partial charge is 0.120 e. The summed E-state index contributed by atoms with van der Waals surface area (Å²) in [6.45, 7) is 5.10. The van der Waals surface area contributed by atoms with E-state index in [0.717, 1.165) is 28.2 Å². The third kappa shape index (κ3) is 4.28. The molecule has 4 heteroatoms. The van der Waals surface area contributed by atoms with E-state index in [4.69, 9.17) is 14.3 Å². The number of oxime groups is 1. The fourth-order valence-electron chi connectivity index (χ4n) is 2.68. The predicted octanol–water partition coefficient (Wildman–Crippen LogP) is 4.67. The van der Waals surface area contributed by atoms with Crippen molar-refractivity contribution in [1.29, 1.82) is 0 Å². The lowest BCUT2D eigenvalue weighted by atomic mass is 10.1. The topological polar surface area (TPSA) is 40.0 Å². The first-order valence-electron chi connectivity index (χ1n) is 8.47. The van der Waals surface area contributed by atoms with E-state index in [9.17, 15) is 0 Å². The maximum absolute atomic E-state index is 5.76. The van der Waals surface area contributed by atoms with Crippen molar-refractivity contribution in [3.63, 3.8) is 0 Å². The normalized spacial score (nSPS) is 13.2. The van der Waals surface area contributed by atoms with Crippen molar-refractivity contribution in [2.75, 3.05) is 27.4 Å². The quantitative estimate of drug-likeness (QED) is 0.484. The van der Waals surface area contributed by atoms with Crippen molar-refractivity contribution in [1.82, 2.24) is 0 Å². The summed E-state index contributed by atoms with van der Waals surface area (Å²) in [7, 11) is 3.23. The third-order valence-corrected chi connectivity index (χ3v) is 3.68. The first-order chi connectivity index (χ1) is 12.3. The zero-order valence-electron chi connectivity index (χ0n) is 15.3. The molecule has 0 atom stereocenters. The second kappa shape index (κ2) is 9.64. The van der Waals surface area contributed by atoms with E-state index in [2.05, 4.69) is 23.4 Å². The summed E-state index contributed by atoms with van der Waals surface area (Å²) in [5.74, 6) is 0.808. The summed E-state index contributed by atoms with van der Waals surface area (Å²) in [6, 6.07) is 14.3. The molecule has 2 aromatic carbocycles. The molecular weight excluding hydrogens is 314 g/mol. The molecule has 0 radical (unpaired) electrons. The summed E-state index contributed by atoms with van der Waals surface area (Å²) in [5, 5.41) is 4.20. The van der Waals surface area contributed by atoms with Crippen molar-refractivity contribution >= 4 is 5.71 Å². The number of nitrogens with zero attached hydrogens (tertiary/aromatic N) is 1. The first kappa shape index (κ1) is 18.7. The number of hydrogen-bond donors (Lipinski definition) is 0. The minimum atomic E-state index is 0.506. The van der Waals surface area contributed by atoms with E-state index in [0.29, 0.717) is 13.2 Å². The first-order valence-corrected chi connectivity index (χ1v) is 8.47. The molecule has 0 heterocycles. The zero-order valence-corrected chi connectivity index (χ0v) is 15.3. The van der Waals surface area contributed by atoms with Gasteiger partial charge in [-0.1, -0.05) is 49.3 Å². The van der Waals surface area contributed by atoms with Gasteiger partial charge in [-0.15, -0.1) is 0 Å². The Bertz CT molecular complexity index is 751. The fraction of sp³-hybridized carbons (Fsp3) is 0.286. The number of benzene rings is 2. The van der Waals surface area contributed by atoms with Gasteiger partial charge < -0.3 is 14.3 Å². The largest absolute Gasteiger partial charge is 0.490 e. The summed E-state index contributed by atoms with van der Waals surface area (Å²) in [5.41, 5.74) is 5.29. The number of hydrogen-bond acceptors (Lipinski definition) is 4. The number of ether oxygens (including phenoxy) is 2. The molecule has 1 aliphatic carbocycles. The summed E-state index contributed by atoms with van der Waals surface area (Å²) < 4.78 is 10.7. The van der Waals surface area contributed by atoms with E-state index in [-0.39, 0.29) is 0 Å². The lowest BCUT2D eigenvalue weighted by molar-refractivity contribution is 0.214. The van der Waals surface area contributed by atoms with Gasteiger partial charge in [0.1, 0.15) is 25.2 Å². The molecule has 2 aromatic rings. The second-order valence-corrected chi connectivity index (χ2v) is 5.11. The minimum Gasteiger partial charge on any atom is -0.490 e. The van der Waals surface area contributed by atoms with Crippen molar-refractivity contribution in [3.8, 4) is 16.9 Å². The maximum atomic E-state index is 5.76. The number of rotatable bonds is 6. The van der Waals surface area contributed by atoms with Crippen LogP contribution in [-0.2, 0) is 9.57 Å². The molecule has 132 valence electrons. The van der Waals surface area contributed by atoms with E-state index < -0.39 is 0 Å². The fourth-order valence-corrected chi connectivity index (χ4v) is 2.68. The Morgan fingerprint density at radius 3 is 2.24 bits per heavy atom. The Balaban J connectivity index is 0.00000109. The Labute approximate surface area is 149 Å². The van der Waals surface area contributed by atoms with Crippen LogP contribution in [0.15, 0.2) is 59.8 Å². The van der Waals surface area contributed by atoms with Crippen molar-refractivity contribution < 1.29 is 14.3 Å². The Morgan fingerprint density at radius 2 is 1.52 bits per heavy atom. The van der Waals surface area contributed by atoms with Crippen LogP contribution in [0.4, 0.5) is 0 Å². The van der Waals surface area contributed by atoms with Gasteiger partial charge >= 0.3 is 0 Å². The van der Waals surface area contributed by atoms with E-state index in [1.54, 1.807) is 14.2 Å². The Hall–Kier alpha value is -2.59. The molecule has 4 nitrogen and oxygen atoms in total. The molecule has 0 fully saturated rings. The Kier molecular flexibility index (Phi) is 7.23. The highest BCUT2D eigenvalue weighted by Gasteiger charge is 2.25. The van der Waals surface area contributed by atoms with Gasteiger partial charge in [0.25, 0.3) is 0 Å². The molecule has 0 saturated carbocycles. The van der Waals surface area contributed by atoms with Crippen LogP contribution in [0.25, 0.3) is 11.1 Å². The van der Waals surface area contributed by atoms with Gasteiger partial charge in [-0.25, -0.2) is 0 Å². The molecule has 0 aromatic heterocycles. The maximum Gasteiger partial charge on any atom is 0.120 e. The van der Waals surface area contributed by atoms with Crippen LogP contribution in [-0.4, -0.2) is 33.1 Å². The standard InChI is InChI=1S/C19H19NO3.C2H6/c1-21-11-5-6-12-23-14-9-10-16-15-7-3-4-8-17(15)19(20-22-2)18(16)13-14;1-2/h3-10,13H,11-12H2,1-2H3;1-2H3/b6-5-,20-19-;. The lowest BCUT2D eigenvalue weighted by Crippen LogP contribution is -2.00. The Morgan fingerprint density at radius 1 is 0.840 bits per heavy atom. The number of fused-ring (bicyclic) bond motifs is 3. The molecule has 0 unspecified atom stereocenters. The summed E-state index contributed by atoms with van der Waals surface area (Å²) in [4.78, 5) is 5.03. The van der Waals surface area contributed by atoms with Crippen LogP contribution in [0.2, 0.25) is 0 Å².